The van der Waals surface area contributed by atoms with Gasteiger partial charge in [0.2, 0.25) is 0 Å². The Morgan fingerprint density at radius 1 is 1.40 bits per heavy atom. The number of rotatable bonds is 7. The highest BCUT2D eigenvalue weighted by Crippen LogP contribution is 2.26. The van der Waals surface area contributed by atoms with Crippen molar-refractivity contribution in [2.75, 3.05) is 23.4 Å². The summed E-state index contributed by atoms with van der Waals surface area (Å²) in [5, 5.41) is 3.58. The molecule has 0 aliphatic carbocycles. The molecule has 4 nitrogen and oxygen atoms in total. The molecule has 0 spiro atoms. The van der Waals surface area contributed by atoms with Crippen molar-refractivity contribution in [3.05, 3.63) is 24.3 Å². The molecule has 1 N–H and O–H groups in total. The number of nitrogens with zero attached hydrogens (tertiary/aromatic N) is 1. The number of sulfone groups is 1. The number of nitrogens with one attached hydrogen (secondary N) is 1. The topological polar surface area (TPSA) is 49.4 Å². The molecule has 0 aromatic heterocycles. The fraction of sp³-hybridized carbons (Fsp3) is 0.562. The molecule has 1 aliphatic heterocycles. The number of hydrogen-bond donors (Lipinski definition) is 1. The van der Waals surface area contributed by atoms with Crippen LogP contribution in [0.3, 0.4) is 0 Å². The Kier molecular flexibility index (Phi) is 7.45. The average molecular weight is 409 g/mol. The van der Waals surface area contributed by atoms with Gasteiger partial charge in [-0.05, 0) is 49.3 Å². The summed E-state index contributed by atoms with van der Waals surface area (Å²) in [6.45, 7) is 2.77. The number of thioether (sulfide) groups is 1. The van der Waals surface area contributed by atoms with E-state index in [0.29, 0.717) is 40.4 Å². The second-order valence-corrected chi connectivity index (χ2v) is 9.62. The largest absolute Gasteiger partial charge is 0.345 e. The minimum absolute atomic E-state index is 0.106. The molecule has 1 atom stereocenters. The summed E-state index contributed by atoms with van der Waals surface area (Å²) in [6, 6.07) is 6.50. The van der Waals surface area contributed by atoms with Gasteiger partial charge in [-0.2, -0.15) is 8.78 Å². The highest BCUT2D eigenvalue weighted by molar-refractivity contribution is 7.99. The zero-order chi connectivity index (χ0) is 18.4. The molecular formula is C16H22F2N2O2S3. The van der Waals surface area contributed by atoms with E-state index in [1.54, 1.807) is 24.3 Å². The van der Waals surface area contributed by atoms with Crippen LogP contribution in [0.5, 0.6) is 0 Å². The van der Waals surface area contributed by atoms with Crippen LogP contribution in [-0.2, 0) is 9.84 Å². The standard InChI is InChI=1S/C16H22F2N2O2S3/c1-2-3-9-20(13-8-10-25(21,22)11-13)16(23)19-12-4-6-14(7-5-12)24-15(17)18/h4-7,13,15H,2-3,8-11H2,1H3,(H,19,23)/t13-/m0/s1. The molecule has 2 rings (SSSR count). The molecule has 9 heteroatoms. The minimum Gasteiger partial charge on any atom is -0.345 e. The molecule has 140 valence electrons. The lowest BCUT2D eigenvalue weighted by Gasteiger charge is -2.31. The van der Waals surface area contributed by atoms with Gasteiger partial charge in [-0.25, -0.2) is 8.42 Å². The van der Waals surface area contributed by atoms with E-state index in [1.165, 1.54) is 0 Å². The molecule has 1 aromatic rings. The first-order valence-electron chi connectivity index (χ1n) is 8.13. The van der Waals surface area contributed by atoms with Crippen LogP contribution in [0.15, 0.2) is 29.2 Å². The van der Waals surface area contributed by atoms with Crippen molar-refractivity contribution in [1.82, 2.24) is 4.90 Å². The third-order valence-corrected chi connectivity index (χ3v) is 6.80. The van der Waals surface area contributed by atoms with Crippen LogP contribution in [0, 0.1) is 0 Å². The summed E-state index contributed by atoms with van der Waals surface area (Å²) in [6.07, 6.45) is 2.48. The molecule has 1 aromatic carbocycles. The van der Waals surface area contributed by atoms with Crippen LogP contribution < -0.4 is 5.32 Å². The SMILES string of the molecule is CCCCN(C(=S)Nc1ccc(SC(F)F)cc1)[C@H]1CCS(=O)(=O)C1. The van der Waals surface area contributed by atoms with E-state index in [4.69, 9.17) is 12.2 Å². The van der Waals surface area contributed by atoms with Crippen molar-refractivity contribution in [1.29, 1.82) is 0 Å². The molecule has 1 fully saturated rings. The van der Waals surface area contributed by atoms with E-state index in [0.717, 1.165) is 12.8 Å². The molecule has 1 heterocycles. The zero-order valence-electron chi connectivity index (χ0n) is 14.0. The van der Waals surface area contributed by atoms with E-state index in [9.17, 15) is 17.2 Å². The molecule has 0 saturated carbocycles. The van der Waals surface area contributed by atoms with E-state index >= 15 is 0 Å². The fourth-order valence-corrected chi connectivity index (χ4v) is 5.30. The third kappa shape index (κ3) is 6.38. The van der Waals surface area contributed by atoms with E-state index in [-0.39, 0.29) is 17.5 Å². The van der Waals surface area contributed by atoms with E-state index in [2.05, 4.69) is 12.2 Å². The average Bonchev–Trinajstić information content (AvgIpc) is 2.89. The smallest absolute Gasteiger partial charge is 0.288 e. The predicted molar refractivity (Wildman–Crippen MR) is 103 cm³/mol. The molecule has 25 heavy (non-hydrogen) atoms. The van der Waals surface area contributed by atoms with Crippen LogP contribution in [0.2, 0.25) is 0 Å². The van der Waals surface area contributed by atoms with E-state index in [1.807, 2.05) is 4.90 Å². The van der Waals surface area contributed by atoms with Crippen molar-refractivity contribution >= 4 is 44.6 Å². The van der Waals surface area contributed by atoms with Crippen molar-refractivity contribution < 1.29 is 17.2 Å². The predicted octanol–water partition coefficient (Wildman–Crippen LogP) is 3.99. The molecule has 0 unspecified atom stereocenters. The number of thiocarbonyl (C=S) groups is 1. The van der Waals surface area contributed by atoms with Gasteiger partial charge in [0.15, 0.2) is 14.9 Å². The summed E-state index contributed by atoms with van der Waals surface area (Å²) in [4.78, 5) is 2.43. The molecule has 0 bridgehead atoms. The lowest BCUT2D eigenvalue weighted by molar-refractivity contribution is 0.252. The first kappa shape index (κ1) is 20.4. The molecule has 1 aliphatic rings. The van der Waals surface area contributed by atoms with Crippen molar-refractivity contribution in [2.45, 2.75) is 42.9 Å². The Bertz CT molecular complexity index is 681. The zero-order valence-corrected chi connectivity index (χ0v) is 16.4. The summed E-state index contributed by atoms with van der Waals surface area (Å²) < 4.78 is 48.3. The Hall–Kier alpha value is -0.930. The maximum atomic E-state index is 12.4. The second kappa shape index (κ2) is 9.14. The number of alkyl halides is 2. The summed E-state index contributed by atoms with van der Waals surface area (Å²) >= 11 is 5.97. The lowest BCUT2D eigenvalue weighted by Crippen LogP contribution is -2.44. The lowest BCUT2D eigenvalue weighted by atomic mass is 10.2. The fourth-order valence-electron chi connectivity index (χ4n) is 2.71. The number of benzene rings is 1. The van der Waals surface area contributed by atoms with Crippen LogP contribution >= 0.6 is 24.0 Å². The first-order chi connectivity index (χ1) is 11.8. The van der Waals surface area contributed by atoms with Crippen LogP contribution in [0.4, 0.5) is 14.5 Å². The number of hydrogen-bond acceptors (Lipinski definition) is 4. The Balaban J connectivity index is 2.03. The van der Waals surface area contributed by atoms with Gasteiger partial charge in [-0.3, -0.25) is 0 Å². The number of halogens is 2. The molecular weight excluding hydrogens is 386 g/mol. The van der Waals surface area contributed by atoms with Crippen LogP contribution in [0.1, 0.15) is 26.2 Å². The van der Waals surface area contributed by atoms with E-state index < -0.39 is 15.6 Å². The number of unbranched alkanes of at least 4 members (excludes halogenated alkanes) is 1. The maximum absolute atomic E-state index is 12.4. The van der Waals surface area contributed by atoms with Crippen LogP contribution in [0.25, 0.3) is 0 Å². The molecule has 1 saturated heterocycles. The van der Waals surface area contributed by atoms with Gasteiger partial charge in [0.05, 0.1) is 11.5 Å². The van der Waals surface area contributed by atoms with Crippen molar-refractivity contribution in [3.8, 4) is 0 Å². The Morgan fingerprint density at radius 2 is 2.08 bits per heavy atom. The monoisotopic (exact) mass is 408 g/mol. The summed E-state index contributed by atoms with van der Waals surface area (Å²) in [5.74, 6) is -2.13. The van der Waals surface area contributed by atoms with Gasteiger partial charge in [0, 0.05) is 23.2 Å². The van der Waals surface area contributed by atoms with Gasteiger partial charge in [0.1, 0.15) is 0 Å². The third-order valence-electron chi connectivity index (χ3n) is 3.99. The summed E-state index contributed by atoms with van der Waals surface area (Å²) in [7, 11) is -2.99. The molecule has 0 radical (unpaired) electrons. The van der Waals surface area contributed by atoms with Gasteiger partial charge in [-0.1, -0.05) is 25.1 Å². The normalized spacial score (nSPS) is 19.1. The highest BCUT2D eigenvalue weighted by atomic mass is 32.2. The number of anilines is 1. The first-order valence-corrected chi connectivity index (χ1v) is 11.2. The quantitative estimate of drug-likeness (QED) is 0.544. The molecule has 0 amide bonds. The van der Waals surface area contributed by atoms with Gasteiger partial charge < -0.3 is 10.2 Å². The van der Waals surface area contributed by atoms with Crippen LogP contribution in [-0.4, -0.2) is 48.3 Å². The van der Waals surface area contributed by atoms with Crippen molar-refractivity contribution in [2.24, 2.45) is 0 Å². The van der Waals surface area contributed by atoms with Crippen molar-refractivity contribution in [3.63, 3.8) is 0 Å². The summed E-state index contributed by atoms with van der Waals surface area (Å²) in [5.41, 5.74) is 0.700. The van der Waals surface area contributed by atoms with Gasteiger partial charge in [0.25, 0.3) is 5.76 Å². The minimum atomic E-state index is -2.99. The van der Waals surface area contributed by atoms with Gasteiger partial charge in [-0.15, -0.1) is 0 Å². The second-order valence-electron chi connectivity index (χ2n) is 5.94. The Morgan fingerprint density at radius 3 is 2.60 bits per heavy atom. The van der Waals surface area contributed by atoms with Gasteiger partial charge >= 0.3 is 0 Å². The maximum Gasteiger partial charge on any atom is 0.288 e. The Labute approximate surface area is 157 Å². The highest BCUT2D eigenvalue weighted by Gasteiger charge is 2.33.